The van der Waals surface area contributed by atoms with Crippen molar-refractivity contribution in [3.05, 3.63) is 29.6 Å². The predicted octanol–water partition coefficient (Wildman–Crippen LogP) is 3.00. The lowest BCUT2D eigenvalue weighted by Gasteiger charge is -2.37. The number of hydrogen-bond acceptors (Lipinski definition) is 3. The molecule has 2 unspecified atom stereocenters. The second-order valence-electron chi connectivity index (χ2n) is 5.11. The number of benzene rings is 1. The van der Waals surface area contributed by atoms with Crippen LogP contribution in [0.15, 0.2) is 18.2 Å². The molecule has 1 aromatic rings. The van der Waals surface area contributed by atoms with Crippen molar-refractivity contribution in [3.8, 4) is 5.75 Å². The van der Waals surface area contributed by atoms with Crippen LogP contribution in [0.1, 0.15) is 38.2 Å². The molecule has 0 amide bonds. The molecule has 3 nitrogen and oxygen atoms in total. The molecule has 1 fully saturated rings. The van der Waals surface area contributed by atoms with E-state index in [1.54, 1.807) is 12.1 Å². The van der Waals surface area contributed by atoms with E-state index in [1.807, 2.05) is 0 Å². The smallest absolute Gasteiger partial charge is 0.132 e. The van der Waals surface area contributed by atoms with Crippen molar-refractivity contribution in [2.75, 3.05) is 13.7 Å². The van der Waals surface area contributed by atoms with E-state index in [9.17, 15) is 9.50 Å². The van der Waals surface area contributed by atoms with Crippen LogP contribution in [0.2, 0.25) is 0 Å². The molecule has 0 spiro atoms. The van der Waals surface area contributed by atoms with Crippen molar-refractivity contribution in [2.24, 2.45) is 0 Å². The Morgan fingerprint density at radius 3 is 2.95 bits per heavy atom. The second-order valence-corrected chi connectivity index (χ2v) is 5.11. The highest BCUT2D eigenvalue weighted by Crippen LogP contribution is 2.38. The van der Waals surface area contributed by atoms with Gasteiger partial charge >= 0.3 is 0 Å². The van der Waals surface area contributed by atoms with E-state index in [4.69, 9.17) is 9.47 Å². The van der Waals surface area contributed by atoms with Gasteiger partial charge in [-0.25, -0.2) is 4.39 Å². The second kappa shape index (κ2) is 5.88. The summed E-state index contributed by atoms with van der Waals surface area (Å²) in [6.07, 6.45) is 2.76. The van der Waals surface area contributed by atoms with Crippen LogP contribution in [0.25, 0.3) is 0 Å². The van der Waals surface area contributed by atoms with Crippen LogP contribution in [0, 0.1) is 5.82 Å². The van der Waals surface area contributed by atoms with Crippen LogP contribution in [-0.2, 0) is 10.3 Å². The molecule has 2 rings (SSSR count). The summed E-state index contributed by atoms with van der Waals surface area (Å²) in [4.78, 5) is 0. The van der Waals surface area contributed by atoms with Gasteiger partial charge in [-0.05, 0) is 18.6 Å². The highest BCUT2D eigenvalue weighted by atomic mass is 19.1. The van der Waals surface area contributed by atoms with Crippen LogP contribution in [0.5, 0.6) is 5.75 Å². The highest BCUT2D eigenvalue weighted by Gasteiger charge is 2.38. The number of hydrogen-bond donors (Lipinski definition) is 1. The van der Waals surface area contributed by atoms with Crippen molar-refractivity contribution in [2.45, 2.75) is 44.3 Å². The van der Waals surface area contributed by atoms with Gasteiger partial charge in [0.25, 0.3) is 0 Å². The highest BCUT2D eigenvalue weighted by molar-refractivity contribution is 5.33. The van der Waals surface area contributed by atoms with E-state index in [0.29, 0.717) is 30.8 Å². The van der Waals surface area contributed by atoms with Gasteiger partial charge in [-0.15, -0.1) is 0 Å². The molecule has 1 heterocycles. The Balaban J connectivity index is 2.23. The van der Waals surface area contributed by atoms with Gasteiger partial charge in [-0.3, -0.25) is 0 Å². The zero-order valence-electron chi connectivity index (χ0n) is 11.5. The fraction of sp³-hybridized carbons (Fsp3) is 0.600. The van der Waals surface area contributed by atoms with Crippen LogP contribution in [0.3, 0.4) is 0 Å². The number of methoxy groups -OCH3 is 1. The maximum Gasteiger partial charge on any atom is 0.132 e. The SMILES string of the molecule is CCCC1CC(O)(c2ccc(OC)cc2F)CCO1. The zero-order chi connectivity index (χ0) is 13.9. The topological polar surface area (TPSA) is 38.7 Å². The Hall–Kier alpha value is -1.13. The lowest BCUT2D eigenvalue weighted by atomic mass is 9.82. The number of rotatable bonds is 4. The number of halogens is 1. The van der Waals surface area contributed by atoms with Crippen molar-refractivity contribution in [3.63, 3.8) is 0 Å². The normalized spacial score (nSPS) is 27.3. The predicted molar refractivity (Wildman–Crippen MR) is 70.7 cm³/mol. The Morgan fingerprint density at radius 1 is 1.53 bits per heavy atom. The van der Waals surface area contributed by atoms with Crippen LogP contribution >= 0.6 is 0 Å². The van der Waals surface area contributed by atoms with E-state index in [2.05, 4.69) is 6.92 Å². The average molecular weight is 268 g/mol. The maximum atomic E-state index is 14.1. The molecule has 0 aromatic heterocycles. The Kier molecular flexibility index (Phi) is 4.42. The minimum atomic E-state index is -1.13. The summed E-state index contributed by atoms with van der Waals surface area (Å²) in [5.74, 6) is 0.0426. The van der Waals surface area contributed by atoms with Crippen LogP contribution in [0.4, 0.5) is 4.39 Å². The Bertz CT molecular complexity index is 433. The van der Waals surface area contributed by atoms with Gasteiger partial charge in [0.1, 0.15) is 11.6 Å². The Morgan fingerprint density at radius 2 is 2.32 bits per heavy atom. The minimum absolute atomic E-state index is 0.00486. The number of aliphatic hydroxyl groups is 1. The summed E-state index contributed by atoms with van der Waals surface area (Å²) in [6, 6.07) is 4.61. The molecule has 0 saturated carbocycles. The van der Waals surface area contributed by atoms with Crippen molar-refractivity contribution in [1.82, 2.24) is 0 Å². The first kappa shape index (κ1) is 14.3. The van der Waals surface area contributed by atoms with E-state index < -0.39 is 11.4 Å². The first-order valence-electron chi connectivity index (χ1n) is 6.77. The molecule has 1 saturated heterocycles. The molecule has 1 N–H and O–H groups in total. The van der Waals surface area contributed by atoms with Crippen molar-refractivity contribution >= 4 is 0 Å². The maximum absolute atomic E-state index is 14.1. The summed E-state index contributed by atoms with van der Waals surface area (Å²) in [7, 11) is 1.49. The molecule has 4 heteroatoms. The molecule has 2 atom stereocenters. The molecule has 1 aromatic carbocycles. The quantitative estimate of drug-likeness (QED) is 0.912. The van der Waals surface area contributed by atoms with E-state index in [1.165, 1.54) is 13.2 Å². The Labute approximate surface area is 113 Å². The first-order chi connectivity index (χ1) is 9.09. The lowest BCUT2D eigenvalue weighted by Crippen LogP contribution is -2.39. The van der Waals surface area contributed by atoms with Crippen LogP contribution < -0.4 is 4.74 Å². The molecule has 0 aliphatic carbocycles. The largest absolute Gasteiger partial charge is 0.497 e. The van der Waals surface area contributed by atoms with Gasteiger partial charge in [0.05, 0.1) is 25.4 Å². The third kappa shape index (κ3) is 3.07. The van der Waals surface area contributed by atoms with E-state index >= 15 is 0 Å². The monoisotopic (exact) mass is 268 g/mol. The van der Waals surface area contributed by atoms with Crippen molar-refractivity contribution in [1.29, 1.82) is 0 Å². The molecule has 0 radical (unpaired) electrons. The minimum Gasteiger partial charge on any atom is -0.497 e. The fourth-order valence-electron chi connectivity index (χ4n) is 2.68. The molecule has 0 bridgehead atoms. The van der Waals surface area contributed by atoms with E-state index in [0.717, 1.165) is 12.8 Å². The fourth-order valence-corrected chi connectivity index (χ4v) is 2.68. The van der Waals surface area contributed by atoms with Gasteiger partial charge in [-0.2, -0.15) is 0 Å². The molecular formula is C15H21FO3. The van der Waals surface area contributed by atoms with Gasteiger partial charge < -0.3 is 14.6 Å². The molecular weight excluding hydrogens is 247 g/mol. The standard InChI is InChI=1S/C15H21FO3/c1-3-4-12-10-15(17,7-8-19-12)13-6-5-11(18-2)9-14(13)16/h5-6,9,12,17H,3-4,7-8,10H2,1-2H3. The van der Waals surface area contributed by atoms with Crippen molar-refractivity contribution < 1.29 is 19.0 Å². The number of ether oxygens (including phenoxy) is 2. The molecule has 1 aliphatic rings. The third-order valence-electron chi connectivity index (χ3n) is 3.72. The van der Waals surface area contributed by atoms with Gasteiger partial charge in [0.15, 0.2) is 0 Å². The first-order valence-corrected chi connectivity index (χ1v) is 6.77. The van der Waals surface area contributed by atoms with E-state index in [-0.39, 0.29) is 6.10 Å². The molecule has 19 heavy (non-hydrogen) atoms. The summed E-state index contributed by atoms with van der Waals surface area (Å²) < 4.78 is 24.7. The van der Waals surface area contributed by atoms with Crippen LogP contribution in [-0.4, -0.2) is 24.9 Å². The van der Waals surface area contributed by atoms with Gasteiger partial charge in [0, 0.05) is 24.5 Å². The van der Waals surface area contributed by atoms with Gasteiger partial charge in [-0.1, -0.05) is 13.3 Å². The lowest BCUT2D eigenvalue weighted by molar-refractivity contribution is -0.111. The summed E-state index contributed by atoms with van der Waals surface area (Å²) in [5.41, 5.74) is -0.785. The summed E-state index contributed by atoms with van der Waals surface area (Å²) >= 11 is 0. The van der Waals surface area contributed by atoms with Gasteiger partial charge in [0.2, 0.25) is 0 Å². The summed E-state index contributed by atoms with van der Waals surface area (Å²) in [5, 5.41) is 10.7. The third-order valence-corrected chi connectivity index (χ3v) is 3.72. The molecule has 1 aliphatic heterocycles. The summed E-state index contributed by atoms with van der Waals surface area (Å²) in [6.45, 7) is 2.54. The molecule has 106 valence electrons. The zero-order valence-corrected chi connectivity index (χ0v) is 11.5. The average Bonchev–Trinajstić information content (AvgIpc) is 2.38.